The van der Waals surface area contributed by atoms with Crippen LogP contribution in [0.25, 0.3) is 11.5 Å². The van der Waals surface area contributed by atoms with E-state index in [1.807, 2.05) is 0 Å². The van der Waals surface area contributed by atoms with Crippen molar-refractivity contribution in [3.8, 4) is 11.5 Å². The van der Waals surface area contributed by atoms with E-state index in [-0.39, 0.29) is 5.82 Å². The number of nitrogen functional groups attached to an aromatic ring is 1. The number of aryl methyl sites for hydroxylation is 1. The van der Waals surface area contributed by atoms with Gasteiger partial charge in [-0.15, -0.1) is 11.3 Å². The molecule has 2 heterocycles. The quantitative estimate of drug-likeness (QED) is 0.930. The second kappa shape index (κ2) is 4.56. The van der Waals surface area contributed by atoms with Gasteiger partial charge in [-0.3, -0.25) is 0 Å². The Hall–Kier alpha value is -1.41. The molecule has 0 bridgehead atoms. The molecule has 3 rings (SSSR count). The van der Waals surface area contributed by atoms with Crippen LogP contribution in [0.4, 0.5) is 5.00 Å². The minimum atomic E-state index is -3.25. The van der Waals surface area contributed by atoms with Gasteiger partial charge in [0, 0.05) is 11.1 Å². The van der Waals surface area contributed by atoms with Gasteiger partial charge in [0.05, 0.1) is 10.6 Å². The molecule has 0 fully saturated rings. The Kier molecular flexibility index (Phi) is 3.09. The number of anilines is 1. The van der Waals surface area contributed by atoms with E-state index in [1.54, 1.807) is 18.3 Å². The Morgan fingerprint density at radius 2 is 2.15 bits per heavy atom. The van der Waals surface area contributed by atoms with Gasteiger partial charge in [0.2, 0.25) is 0 Å². The minimum Gasteiger partial charge on any atom is -0.390 e. The van der Waals surface area contributed by atoms with Crippen molar-refractivity contribution in [1.29, 1.82) is 0 Å². The summed E-state index contributed by atoms with van der Waals surface area (Å²) in [6.45, 7) is 1.55. The van der Waals surface area contributed by atoms with Crippen LogP contribution < -0.4 is 5.73 Å². The lowest BCUT2D eigenvalue weighted by Crippen LogP contribution is -2.09. The van der Waals surface area contributed by atoms with E-state index in [9.17, 15) is 8.42 Å². The Bertz CT molecular complexity index is 761. The SMILES string of the molecule is CC(c1noc(-c2c(N)sc3c2CCC3)n1)S(C)(=O)=O. The molecule has 1 atom stereocenters. The van der Waals surface area contributed by atoms with Gasteiger partial charge in [0.1, 0.15) is 5.25 Å². The van der Waals surface area contributed by atoms with Gasteiger partial charge in [0.15, 0.2) is 15.7 Å². The van der Waals surface area contributed by atoms with Crippen LogP contribution in [0.2, 0.25) is 0 Å². The molecule has 6 nitrogen and oxygen atoms in total. The first-order valence-electron chi connectivity index (χ1n) is 6.30. The average Bonchev–Trinajstić information content (AvgIpc) is 3.01. The maximum atomic E-state index is 11.5. The molecule has 0 amide bonds. The second-order valence-electron chi connectivity index (χ2n) is 5.03. The highest BCUT2D eigenvalue weighted by Gasteiger charge is 2.28. The zero-order valence-electron chi connectivity index (χ0n) is 11.2. The molecule has 2 aromatic heterocycles. The van der Waals surface area contributed by atoms with Gasteiger partial charge in [-0.05, 0) is 31.7 Å². The summed E-state index contributed by atoms with van der Waals surface area (Å²) in [6, 6.07) is 0. The van der Waals surface area contributed by atoms with E-state index >= 15 is 0 Å². The predicted molar refractivity (Wildman–Crippen MR) is 77.3 cm³/mol. The normalized spacial score (nSPS) is 16.3. The number of hydrogen-bond donors (Lipinski definition) is 1. The molecule has 8 heteroatoms. The number of fused-ring (bicyclic) bond motifs is 1. The van der Waals surface area contributed by atoms with Gasteiger partial charge < -0.3 is 10.3 Å². The first kappa shape index (κ1) is 13.6. The van der Waals surface area contributed by atoms with E-state index in [1.165, 1.54) is 10.4 Å². The molecular formula is C12H15N3O3S2. The highest BCUT2D eigenvalue weighted by atomic mass is 32.2. The number of aromatic nitrogens is 2. The van der Waals surface area contributed by atoms with Crippen molar-refractivity contribution in [1.82, 2.24) is 10.1 Å². The predicted octanol–water partition coefficient (Wildman–Crippen LogP) is 1.97. The number of sulfone groups is 1. The summed E-state index contributed by atoms with van der Waals surface area (Å²) in [5.74, 6) is 0.507. The summed E-state index contributed by atoms with van der Waals surface area (Å²) in [7, 11) is -3.25. The number of nitrogens with zero attached hydrogens (tertiary/aromatic N) is 2. The third kappa shape index (κ3) is 2.12. The first-order valence-corrected chi connectivity index (χ1v) is 9.08. The van der Waals surface area contributed by atoms with Crippen molar-refractivity contribution < 1.29 is 12.9 Å². The molecule has 0 aliphatic heterocycles. The summed E-state index contributed by atoms with van der Waals surface area (Å²) in [6.07, 6.45) is 4.25. The minimum absolute atomic E-state index is 0.180. The third-order valence-electron chi connectivity index (χ3n) is 3.61. The molecule has 2 aromatic rings. The van der Waals surface area contributed by atoms with Crippen LogP contribution in [0.1, 0.15) is 34.9 Å². The fourth-order valence-electron chi connectivity index (χ4n) is 2.35. The topological polar surface area (TPSA) is 99.1 Å². The second-order valence-corrected chi connectivity index (χ2v) is 8.53. The van der Waals surface area contributed by atoms with Crippen molar-refractivity contribution >= 4 is 26.2 Å². The number of nitrogens with two attached hydrogens (primary N) is 1. The lowest BCUT2D eigenvalue weighted by molar-refractivity contribution is 0.421. The van der Waals surface area contributed by atoms with E-state index in [0.29, 0.717) is 10.9 Å². The molecule has 0 aromatic carbocycles. The van der Waals surface area contributed by atoms with Gasteiger partial charge in [-0.25, -0.2) is 8.42 Å². The Morgan fingerprint density at radius 1 is 1.40 bits per heavy atom. The van der Waals surface area contributed by atoms with Crippen molar-refractivity contribution in [2.24, 2.45) is 0 Å². The molecule has 0 radical (unpaired) electrons. The van der Waals surface area contributed by atoms with Crippen LogP contribution in [0.15, 0.2) is 4.52 Å². The molecule has 2 N–H and O–H groups in total. The van der Waals surface area contributed by atoms with Crippen LogP contribution in [-0.2, 0) is 22.7 Å². The number of thiophene rings is 1. The summed E-state index contributed by atoms with van der Waals surface area (Å²) in [4.78, 5) is 5.50. The van der Waals surface area contributed by atoms with Crippen LogP contribution in [0.5, 0.6) is 0 Å². The maximum absolute atomic E-state index is 11.5. The molecule has 0 saturated heterocycles. The molecule has 108 valence electrons. The van der Waals surface area contributed by atoms with Gasteiger partial charge in [-0.1, -0.05) is 5.16 Å². The van der Waals surface area contributed by atoms with Crippen LogP contribution >= 0.6 is 11.3 Å². The Balaban J connectivity index is 2.03. The number of rotatable bonds is 3. The smallest absolute Gasteiger partial charge is 0.261 e. The largest absolute Gasteiger partial charge is 0.390 e. The summed E-state index contributed by atoms with van der Waals surface area (Å²) in [5.41, 5.74) is 8.00. The molecule has 1 aliphatic carbocycles. The summed E-state index contributed by atoms with van der Waals surface area (Å²) in [5, 5.41) is 3.67. The molecule has 1 unspecified atom stereocenters. The van der Waals surface area contributed by atoms with E-state index < -0.39 is 15.1 Å². The van der Waals surface area contributed by atoms with Gasteiger partial charge >= 0.3 is 0 Å². The fraction of sp³-hybridized carbons (Fsp3) is 0.500. The molecule has 0 saturated carbocycles. The van der Waals surface area contributed by atoms with Crippen molar-refractivity contribution in [2.45, 2.75) is 31.4 Å². The lowest BCUT2D eigenvalue weighted by Gasteiger charge is -2.01. The highest BCUT2D eigenvalue weighted by Crippen LogP contribution is 2.42. The average molecular weight is 313 g/mol. The zero-order chi connectivity index (χ0) is 14.5. The van der Waals surface area contributed by atoms with Crippen LogP contribution in [0, 0.1) is 0 Å². The lowest BCUT2D eigenvalue weighted by atomic mass is 10.1. The molecule has 1 aliphatic rings. The first-order chi connectivity index (χ1) is 9.38. The Morgan fingerprint density at radius 3 is 2.85 bits per heavy atom. The van der Waals surface area contributed by atoms with Crippen molar-refractivity contribution in [2.75, 3.05) is 12.0 Å². The van der Waals surface area contributed by atoms with Gasteiger partial charge in [-0.2, -0.15) is 4.98 Å². The fourth-order valence-corrected chi connectivity index (χ4v) is 3.98. The third-order valence-corrected chi connectivity index (χ3v) is 6.23. The van der Waals surface area contributed by atoms with Crippen LogP contribution in [0.3, 0.4) is 0 Å². The van der Waals surface area contributed by atoms with Gasteiger partial charge in [0.25, 0.3) is 5.89 Å². The maximum Gasteiger partial charge on any atom is 0.261 e. The van der Waals surface area contributed by atoms with E-state index in [2.05, 4.69) is 10.1 Å². The van der Waals surface area contributed by atoms with E-state index in [0.717, 1.165) is 31.1 Å². The highest BCUT2D eigenvalue weighted by molar-refractivity contribution is 7.90. The zero-order valence-corrected chi connectivity index (χ0v) is 12.8. The standard InChI is InChI=1S/C12H15N3O3S2/c1-6(20(2,16)17)11-14-12(18-15-11)9-7-4-3-5-8(7)19-10(9)13/h6H,3-5,13H2,1-2H3. The number of hydrogen-bond acceptors (Lipinski definition) is 7. The molecule has 0 spiro atoms. The summed E-state index contributed by atoms with van der Waals surface area (Å²) >= 11 is 1.55. The summed E-state index contributed by atoms with van der Waals surface area (Å²) < 4.78 is 28.3. The monoisotopic (exact) mass is 313 g/mol. The molecular weight excluding hydrogens is 298 g/mol. The van der Waals surface area contributed by atoms with Crippen molar-refractivity contribution in [3.05, 3.63) is 16.3 Å². The van der Waals surface area contributed by atoms with Crippen molar-refractivity contribution in [3.63, 3.8) is 0 Å². The van der Waals surface area contributed by atoms with Crippen LogP contribution in [-0.4, -0.2) is 24.8 Å². The Labute approximate surface area is 120 Å². The molecule has 20 heavy (non-hydrogen) atoms. The van der Waals surface area contributed by atoms with E-state index in [4.69, 9.17) is 10.3 Å².